The summed E-state index contributed by atoms with van der Waals surface area (Å²) in [6.07, 6.45) is 0. The normalized spacial score (nSPS) is 13.6. The van der Waals surface area contributed by atoms with E-state index in [0.717, 1.165) is 33.9 Å². The second-order valence-corrected chi connectivity index (χ2v) is 23.1. The largest absolute Gasteiger partial charge is 0.310 e. The lowest BCUT2D eigenvalue weighted by atomic mass is 9.67. The van der Waals surface area contributed by atoms with Crippen LogP contribution in [0.15, 0.2) is 340 Å². The molecule has 2 nitrogen and oxygen atoms in total. The van der Waals surface area contributed by atoms with Crippen LogP contribution in [0, 0.1) is 0 Å². The molecule has 2 heterocycles. The van der Waals surface area contributed by atoms with E-state index in [1.165, 1.54) is 122 Å². The maximum Gasteiger partial charge on any atom is 0.0714 e. The van der Waals surface area contributed by atoms with Gasteiger partial charge in [0.25, 0.3) is 0 Å². The Kier molecular flexibility index (Phi) is 11.8. The number of hydrogen-bond donors (Lipinski definition) is 0. The Morgan fingerprint density at radius 1 is 0.253 bits per heavy atom. The Balaban J connectivity index is 0.894. The maximum atomic E-state index is 2.61. The molecule has 1 aromatic heterocycles. The average molecular weight is 1110 g/mol. The van der Waals surface area contributed by atoms with Crippen molar-refractivity contribution < 1.29 is 0 Å². The summed E-state index contributed by atoms with van der Waals surface area (Å²) in [4.78, 5) is 2.46. The Labute approximate surface area is 507 Å². The van der Waals surface area contributed by atoms with E-state index in [-0.39, 0.29) is 0 Å². The van der Waals surface area contributed by atoms with E-state index >= 15 is 0 Å². The molecule has 14 aromatic carbocycles. The van der Waals surface area contributed by atoms with Gasteiger partial charge in [0, 0.05) is 38.8 Å². The second kappa shape index (κ2) is 20.5. The third kappa shape index (κ3) is 8.03. The molecule has 0 radical (unpaired) electrons. The fourth-order valence-corrected chi connectivity index (χ4v) is 14.6. The van der Waals surface area contributed by atoms with Gasteiger partial charge in [0.1, 0.15) is 0 Å². The molecule has 0 bridgehead atoms. The molecule has 0 amide bonds. The van der Waals surface area contributed by atoms with Gasteiger partial charge in [0.05, 0.1) is 27.8 Å². The lowest BCUT2D eigenvalue weighted by Crippen LogP contribution is -2.28. The molecule has 0 saturated heterocycles. The zero-order valence-electron chi connectivity index (χ0n) is 47.7. The summed E-state index contributed by atoms with van der Waals surface area (Å²) in [5.74, 6) is 0. The van der Waals surface area contributed by atoms with Gasteiger partial charge in [-0.15, -0.1) is 0 Å². The first-order valence-corrected chi connectivity index (χ1v) is 30.1. The van der Waals surface area contributed by atoms with Gasteiger partial charge in [-0.05, 0) is 143 Å². The van der Waals surface area contributed by atoms with Crippen LogP contribution in [0.5, 0.6) is 0 Å². The van der Waals surface area contributed by atoms with Gasteiger partial charge in [-0.3, -0.25) is 0 Å². The fourth-order valence-electron chi connectivity index (χ4n) is 14.6. The van der Waals surface area contributed by atoms with Crippen molar-refractivity contribution in [3.05, 3.63) is 362 Å². The molecule has 0 fully saturated rings. The summed E-state index contributed by atoms with van der Waals surface area (Å²) in [6, 6.07) is 126. The zero-order valence-corrected chi connectivity index (χ0v) is 47.7. The molecule has 2 aliphatic rings. The molecule has 87 heavy (non-hydrogen) atoms. The molecule has 0 N–H and O–H groups in total. The third-order valence-electron chi connectivity index (χ3n) is 18.4. The summed E-state index contributed by atoms with van der Waals surface area (Å²) in [5.41, 5.74) is 30.4. The molecule has 1 atom stereocenters. The van der Waals surface area contributed by atoms with Crippen LogP contribution in [0.2, 0.25) is 0 Å². The van der Waals surface area contributed by atoms with E-state index < -0.39 is 5.41 Å². The van der Waals surface area contributed by atoms with Crippen LogP contribution < -0.4 is 4.90 Å². The summed E-state index contributed by atoms with van der Waals surface area (Å²) >= 11 is 0. The molecule has 15 aromatic rings. The van der Waals surface area contributed by atoms with Crippen LogP contribution in [-0.4, -0.2) is 4.57 Å². The quantitative estimate of drug-likeness (QED) is 0.125. The first-order chi connectivity index (χ1) is 43.2. The van der Waals surface area contributed by atoms with Crippen LogP contribution in [0.4, 0.5) is 17.1 Å². The highest BCUT2D eigenvalue weighted by Crippen LogP contribution is 2.63. The molecule has 0 saturated carbocycles. The first kappa shape index (κ1) is 50.2. The lowest BCUT2D eigenvalue weighted by molar-refractivity contribution is 0.769. The Morgan fingerprint density at radius 3 is 1.45 bits per heavy atom. The van der Waals surface area contributed by atoms with Crippen molar-refractivity contribution >= 4 is 38.9 Å². The number of para-hydroxylation sites is 2. The molecule has 406 valence electrons. The van der Waals surface area contributed by atoms with Crippen LogP contribution in [-0.2, 0) is 5.41 Å². The maximum absolute atomic E-state index is 2.61. The van der Waals surface area contributed by atoms with E-state index in [9.17, 15) is 0 Å². The molecule has 1 aliphatic carbocycles. The Hall–Kier alpha value is -11.3. The molecule has 2 heteroatoms. The highest BCUT2D eigenvalue weighted by Gasteiger charge is 2.49. The van der Waals surface area contributed by atoms with Crippen molar-refractivity contribution in [2.45, 2.75) is 5.41 Å². The average Bonchev–Trinajstić information content (AvgIpc) is 1.56. The predicted octanol–water partition coefficient (Wildman–Crippen LogP) is 22.6. The second-order valence-electron chi connectivity index (χ2n) is 23.1. The van der Waals surface area contributed by atoms with Gasteiger partial charge in [-0.1, -0.05) is 291 Å². The number of aromatic nitrogens is 1. The molecular weight excluding hydrogens is 1050 g/mol. The predicted molar refractivity (Wildman–Crippen MR) is 364 cm³/mol. The van der Waals surface area contributed by atoms with Crippen LogP contribution >= 0.6 is 0 Å². The van der Waals surface area contributed by atoms with Gasteiger partial charge >= 0.3 is 0 Å². The summed E-state index contributed by atoms with van der Waals surface area (Å²) in [6.45, 7) is 0. The lowest BCUT2D eigenvalue weighted by Gasteiger charge is -2.34. The van der Waals surface area contributed by atoms with Crippen LogP contribution in [0.3, 0.4) is 0 Å². The van der Waals surface area contributed by atoms with Crippen LogP contribution in [0.25, 0.3) is 117 Å². The smallest absolute Gasteiger partial charge is 0.0714 e. The monoisotopic (exact) mass is 1100 g/mol. The highest BCUT2D eigenvalue weighted by molar-refractivity contribution is 6.19. The number of nitrogens with zero attached hydrogens (tertiary/aromatic N) is 2. The summed E-state index contributed by atoms with van der Waals surface area (Å²) < 4.78 is 2.61. The van der Waals surface area contributed by atoms with E-state index in [1.807, 2.05) is 0 Å². The number of fused-ring (bicyclic) bond motifs is 6. The van der Waals surface area contributed by atoms with Crippen molar-refractivity contribution in [2.75, 3.05) is 4.90 Å². The number of rotatable bonds is 11. The van der Waals surface area contributed by atoms with Crippen molar-refractivity contribution in [1.29, 1.82) is 0 Å². The van der Waals surface area contributed by atoms with Crippen molar-refractivity contribution in [3.8, 4) is 94.7 Å². The topological polar surface area (TPSA) is 8.17 Å². The molecule has 1 unspecified atom stereocenters. The highest BCUT2D eigenvalue weighted by atomic mass is 15.1. The minimum Gasteiger partial charge on any atom is -0.310 e. The van der Waals surface area contributed by atoms with E-state index in [2.05, 4.69) is 349 Å². The van der Waals surface area contributed by atoms with Crippen LogP contribution in [0.1, 0.15) is 22.3 Å². The fraction of sp³-hybridized carbons (Fsp3) is 0.0118. The molecule has 17 rings (SSSR count). The van der Waals surface area contributed by atoms with Crippen molar-refractivity contribution in [1.82, 2.24) is 4.57 Å². The molecule has 1 aliphatic heterocycles. The number of anilines is 3. The van der Waals surface area contributed by atoms with Gasteiger partial charge in [-0.25, -0.2) is 0 Å². The number of hydrogen-bond acceptors (Lipinski definition) is 1. The third-order valence-corrected chi connectivity index (χ3v) is 18.4. The van der Waals surface area contributed by atoms with Gasteiger partial charge < -0.3 is 9.47 Å². The Morgan fingerprint density at radius 2 is 0.759 bits per heavy atom. The minimum atomic E-state index is -0.658. The SMILES string of the molecule is c1ccc(-c2ccc(N(c3ccc(-c4ccccc4)c(-c4ccccc4)c3)c3ccccc3-c3ccc4c(c3)-n3c5ccccc5c5ccc6c(c53)-c3c-4cccc3C6(c3ccc(-c4ccccc4)cc3)c3cccc(-c4ccccc4)c3)cc2)cc1. The van der Waals surface area contributed by atoms with Crippen molar-refractivity contribution in [3.63, 3.8) is 0 Å². The molecular formula is C85H56N2. The number of benzene rings is 14. The van der Waals surface area contributed by atoms with E-state index in [1.54, 1.807) is 0 Å². The standard InChI is InChI=1S/C85H56N2/c1-6-22-57(23-7-1)60-40-45-66(46-41-60)85(67-33-20-32-64(54-67)59-26-10-3-11-27-59)77-37-21-36-74-73-50-44-65(55-81(73)87-80-39-19-17-35-72(80)75-52-53-78(85)83(82(74)77)84(75)87)71-34-16-18-38-79(71)86(68-47-42-61(43-48-68)58-24-8-2-9-25-58)69-49-51-70(62-28-12-4-13-29-62)76(56-69)63-30-14-5-15-31-63/h1-56H. The van der Waals surface area contributed by atoms with Gasteiger partial charge in [0.15, 0.2) is 0 Å². The first-order valence-electron chi connectivity index (χ1n) is 30.1. The van der Waals surface area contributed by atoms with E-state index in [4.69, 9.17) is 0 Å². The minimum absolute atomic E-state index is 0.658. The Bertz CT molecular complexity index is 5110. The summed E-state index contributed by atoms with van der Waals surface area (Å²) in [7, 11) is 0. The van der Waals surface area contributed by atoms with Gasteiger partial charge in [-0.2, -0.15) is 0 Å². The molecule has 0 spiro atoms. The van der Waals surface area contributed by atoms with E-state index in [0.29, 0.717) is 0 Å². The van der Waals surface area contributed by atoms with Crippen molar-refractivity contribution in [2.24, 2.45) is 0 Å². The zero-order chi connectivity index (χ0) is 57.4. The van der Waals surface area contributed by atoms with Gasteiger partial charge in [0.2, 0.25) is 0 Å². The summed E-state index contributed by atoms with van der Waals surface area (Å²) in [5, 5.41) is 2.48.